The van der Waals surface area contributed by atoms with Gasteiger partial charge in [-0.1, -0.05) is 6.07 Å². The molecule has 1 N–H and O–H groups in total. The topological polar surface area (TPSA) is 80.3 Å². The molecule has 0 aromatic heterocycles. The van der Waals surface area contributed by atoms with Crippen molar-refractivity contribution in [2.45, 2.75) is 11.8 Å². The zero-order valence-electron chi connectivity index (χ0n) is 9.27. The van der Waals surface area contributed by atoms with Gasteiger partial charge in [0.1, 0.15) is 5.21 Å². The summed E-state index contributed by atoms with van der Waals surface area (Å²) >= 11 is 5.26. The van der Waals surface area contributed by atoms with Crippen LogP contribution in [0.4, 0.5) is 5.69 Å². The number of hydrogen-bond donors (Lipinski definition) is 1. The van der Waals surface area contributed by atoms with E-state index in [1.807, 2.05) is 0 Å². The van der Waals surface area contributed by atoms with Crippen LogP contribution in [0.2, 0.25) is 0 Å². The highest BCUT2D eigenvalue weighted by atomic mass is 35.5. The van der Waals surface area contributed by atoms with Crippen LogP contribution in [0.5, 0.6) is 0 Å². The van der Waals surface area contributed by atoms with Crippen molar-refractivity contribution in [1.82, 2.24) is 0 Å². The lowest BCUT2D eigenvalue weighted by Crippen LogP contribution is -2.14. The predicted octanol–water partition coefficient (Wildman–Crippen LogP) is 1.34. The Balaban J connectivity index is 3.26. The Morgan fingerprint density at radius 3 is 2.29 bits per heavy atom. The molecular formula is C9H12ClNO4S2. The van der Waals surface area contributed by atoms with Gasteiger partial charge in [0.25, 0.3) is 0 Å². The van der Waals surface area contributed by atoms with E-state index in [0.29, 0.717) is 5.56 Å². The Labute approximate surface area is 106 Å². The fourth-order valence-corrected chi connectivity index (χ4v) is 2.56. The lowest BCUT2D eigenvalue weighted by molar-refractivity contribution is 0.600. The summed E-state index contributed by atoms with van der Waals surface area (Å²) < 4.78 is 47.5. The van der Waals surface area contributed by atoms with E-state index in [0.717, 1.165) is 6.26 Å². The van der Waals surface area contributed by atoms with Gasteiger partial charge in [0.05, 0.1) is 10.6 Å². The highest BCUT2D eigenvalue weighted by Crippen LogP contribution is 2.21. The monoisotopic (exact) mass is 297 g/mol. The first-order valence-electron chi connectivity index (χ1n) is 4.53. The largest absolute Gasteiger partial charge is 0.282 e. The third-order valence-corrected chi connectivity index (χ3v) is 4.84. The van der Waals surface area contributed by atoms with Crippen molar-refractivity contribution in [2.24, 2.45) is 0 Å². The van der Waals surface area contributed by atoms with E-state index in [4.69, 9.17) is 11.6 Å². The minimum Gasteiger partial charge on any atom is -0.282 e. The van der Waals surface area contributed by atoms with Crippen LogP contribution in [0.1, 0.15) is 5.56 Å². The smallest absolute Gasteiger partial charge is 0.246 e. The molecule has 0 fully saturated rings. The van der Waals surface area contributed by atoms with Crippen molar-refractivity contribution in [3.63, 3.8) is 0 Å². The third-order valence-electron chi connectivity index (χ3n) is 2.05. The Hall–Kier alpha value is -0.790. The maximum Gasteiger partial charge on any atom is 0.246 e. The summed E-state index contributed by atoms with van der Waals surface area (Å²) in [4.78, 5) is 0.0513. The molecule has 8 heteroatoms. The summed E-state index contributed by atoms with van der Waals surface area (Å²) in [7, 11) is -7.01. The molecule has 0 amide bonds. The molecule has 0 spiro atoms. The Bertz CT molecular complexity index is 622. The molecule has 0 saturated carbocycles. The second kappa shape index (κ2) is 4.83. The summed E-state index contributed by atoms with van der Waals surface area (Å²) in [6.45, 7) is 1.66. The summed E-state index contributed by atoms with van der Waals surface area (Å²) in [5.74, 6) is 0. The fourth-order valence-electron chi connectivity index (χ4n) is 1.14. The van der Waals surface area contributed by atoms with Gasteiger partial charge >= 0.3 is 0 Å². The third kappa shape index (κ3) is 3.86. The molecule has 1 aromatic carbocycles. The second-order valence-corrected chi connectivity index (χ2v) is 7.90. The van der Waals surface area contributed by atoms with Crippen LogP contribution >= 0.6 is 11.6 Å². The first-order chi connectivity index (χ1) is 7.65. The number of halogens is 1. The van der Waals surface area contributed by atoms with E-state index in [9.17, 15) is 16.8 Å². The van der Waals surface area contributed by atoms with Gasteiger partial charge < -0.3 is 0 Å². The molecule has 0 saturated heterocycles. The number of sulfone groups is 1. The first-order valence-corrected chi connectivity index (χ1v) is 8.61. The van der Waals surface area contributed by atoms with Gasteiger partial charge in [-0.3, -0.25) is 4.72 Å². The number of aryl methyl sites for hydroxylation is 1. The van der Waals surface area contributed by atoms with Gasteiger partial charge in [-0.15, -0.1) is 11.6 Å². The molecule has 1 aromatic rings. The number of anilines is 1. The molecule has 0 aliphatic rings. The molecule has 0 aliphatic carbocycles. The molecule has 17 heavy (non-hydrogen) atoms. The average molecular weight is 298 g/mol. The summed E-state index contributed by atoms with van der Waals surface area (Å²) in [6, 6.07) is 4.22. The van der Waals surface area contributed by atoms with E-state index in [1.54, 1.807) is 6.92 Å². The summed E-state index contributed by atoms with van der Waals surface area (Å²) in [5, 5.41) is -0.588. The number of alkyl halides is 1. The van der Waals surface area contributed by atoms with Crippen molar-refractivity contribution in [1.29, 1.82) is 0 Å². The molecule has 96 valence electrons. The van der Waals surface area contributed by atoms with Gasteiger partial charge in [-0.2, -0.15) is 0 Å². The molecule has 0 bridgehead atoms. The van der Waals surface area contributed by atoms with Crippen molar-refractivity contribution < 1.29 is 16.8 Å². The van der Waals surface area contributed by atoms with Gasteiger partial charge in [-0.05, 0) is 24.6 Å². The lowest BCUT2D eigenvalue weighted by atomic mass is 10.2. The van der Waals surface area contributed by atoms with E-state index < -0.39 is 25.1 Å². The number of rotatable bonds is 4. The minimum atomic E-state index is -3.64. The fraction of sp³-hybridized carbons (Fsp3) is 0.333. The van der Waals surface area contributed by atoms with Crippen LogP contribution < -0.4 is 4.72 Å². The molecule has 0 atom stereocenters. The maximum atomic E-state index is 11.3. The first kappa shape index (κ1) is 14.3. The Kier molecular flexibility index (Phi) is 4.06. The highest BCUT2D eigenvalue weighted by molar-refractivity contribution is 7.93. The summed E-state index contributed by atoms with van der Waals surface area (Å²) in [6.07, 6.45) is 1.05. The van der Waals surface area contributed by atoms with Crippen LogP contribution in [0.15, 0.2) is 23.1 Å². The van der Waals surface area contributed by atoms with Crippen LogP contribution in [-0.4, -0.2) is 28.3 Å². The van der Waals surface area contributed by atoms with Crippen LogP contribution in [-0.2, 0) is 19.9 Å². The predicted molar refractivity (Wildman–Crippen MR) is 67.6 cm³/mol. The van der Waals surface area contributed by atoms with Gasteiger partial charge in [0.15, 0.2) is 9.84 Å². The van der Waals surface area contributed by atoms with Crippen LogP contribution in [0.25, 0.3) is 0 Å². The van der Waals surface area contributed by atoms with E-state index in [-0.39, 0.29) is 10.6 Å². The number of hydrogen-bond acceptors (Lipinski definition) is 4. The molecule has 0 heterocycles. The molecule has 5 nitrogen and oxygen atoms in total. The van der Waals surface area contributed by atoms with Gasteiger partial charge in [0.2, 0.25) is 10.0 Å². The highest BCUT2D eigenvalue weighted by Gasteiger charge is 2.13. The van der Waals surface area contributed by atoms with Crippen molar-refractivity contribution in [3.8, 4) is 0 Å². The SMILES string of the molecule is Cc1ccc(S(C)(=O)=O)cc1NS(=O)(=O)CCl. The second-order valence-electron chi connectivity index (χ2n) is 3.57. The molecule has 0 unspecified atom stereocenters. The molecule has 0 radical (unpaired) electrons. The number of benzene rings is 1. The van der Waals surface area contributed by atoms with Crippen LogP contribution in [0.3, 0.4) is 0 Å². The minimum absolute atomic E-state index is 0.0513. The zero-order chi connectivity index (χ0) is 13.3. The molecule has 0 aliphatic heterocycles. The van der Waals surface area contributed by atoms with E-state index in [1.165, 1.54) is 18.2 Å². The number of sulfonamides is 1. The van der Waals surface area contributed by atoms with Crippen molar-refractivity contribution in [2.75, 3.05) is 16.2 Å². The molecule has 1 rings (SSSR count). The molecular weight excluding hydrogens is 286 g/mol. The Morgan fingerprint density at radius 1 is 1.24 bits per heavy atom. The quantitative estimate of drug-likeness (QED) is 0.850. The normalized spacial score (nSPS) is 12.4. The maximum absolute atomic E-state index is 11.3. The standard InChI is InChI=1S/C9H12ClNO4S2/c1-7-3-4-8(16(2,12)13)5-9(7)11-17(14,15)6-10/h3-5,11H,6H2,1-2H3. The van der Waals surface area contributed by atoms with Crippen molar-refractivity contribution >= 4 is 37.1 Å². The van der Waals surface area contributed by atoms with Crippen LogP contribution in [0, 0.1) is 6.92 Å². The van der Waals surface area contributed by atoms with Crippen molar-refractivity contribution in [3.05, 3.63) is 23.8 Å². The number of nitrogens with one attached hydrogen (secondary N) is 1. The Morgan fingerprint density at radius 2 is 1.82 bits per heavy atom. The lowest BCUT2D eigenvalue weighted by Gasteiger charge is -2.10. The van der Waals surface area contributed by atoms with E-state index >= 15 is 0 Å². The average Bonchev–Trinajstić information content (AvgIpc) is 2.19. The van der Waals surface area contributed by atoms with Gasteiger partial charge in [0, 0.05) is 6.26 Å². The zero-order valence-corrected chi connectivity index (χ0v) is 11.7. The van der Waals surface area contributed by atoms with Gasteiger partial charge in [-0.25, -0.2) is 16.8 Å². The summed E-state index contributed by atoms with van der Waals surface area (Å²) in [5.41, 5.74) is 0.833. The van der Waals surface area contributed by atoms with E-state index in [2.05, 4.69) is 4.72 Å².